The van der Waals surface area contributed by atoms with E-state index in [1.54, 1.807) is 7.05 Å². The topological polar surface area (TPSA) is 49.3 Å². The fourth-order valence-electron chi connectivity index (χ4n) is 2.24. The third kappa shape index (κ3) is 2.27. The Kier molecular flexibility index (Phi) is 3.20. The summed E-state index contributed by atoms with van der Waals surface area (Å²) in [6.45, 7) is 4.45. The maximum Gasteiger partial charge on any atom is 0.323 e. The van der Waals surface area contributed by atoms with E-state index < -0.39 is 11.5 Å². The molecule has 1 fully saturated rings. The number of likely N-dealkylation sites (N-methyl/N-ethyl adjacent to an activating group) is 1. The molecule has 0 aromatic heterocycles. The standard InChI is InChI=1S/C11H21NO2/c1-10(2)5-4-6-11(12-3,8-7-10)9(13)14/h12H,4-8H2,1-3H3,(H,13,14). The van der Waals surface area contributed by atoms with Gasteiger partial charge in [0.05, 0.1) is 0 Å². The molecule has 2 N–H and O–H groups in total. The largest absolute Gasteiger partial charge is 0.480 e. The summed E-state index contributed by atoms with van der Waals surface area (Å²) < 4.78 is 0. The highest BCUT2D eigenvalue weighted by Gasteiger charge is 2.40. The summed E-state index contributed by atoms with van der Waals surface area (Å²) in [5.41, 5.74) is -0.373. The van der Waals surface area contributed by atoms with Gasteiger partial charge in [0, 0.05) is 0 Å². The lowest BCUT2D eigenvalue weighted by Crippen LogP contribution is -2.50. The highest BCUT2D eigenvalue weighted by molar-refractivity contribution is 5.78. The highest BCUT2D eigenvalue weighted by atomic mass is 16.4. The first-order chi connectivity index (χ1) is 6.42. The molecule has 1 aliphatic rings. The van der Waals surface area contributed by atoms with Crippen LogP contribution in [0.25, 0.3) is 0 Å². The Balaban J connectivity index is 2.77. The third-order valence-electron chi connectivity index (χ3n) is 3.57. The van der Waals surface area contributed by atoms with Crippen LogP contribution < -0.4 is 5.32 Å². The van der Waals surface area contributed by atoms with Gasteiger partial charge in [-0.15, -0.1) is 0 Å². The average molecular weight is 199 g/mol. The molecule has 0 spiro atoms. The molecule has 1 rings (SSSR count). The molecule has 1 unspecified atom stereocenters. The van der Waals surface area contributed by atoms with Crippen LogP contribution in [0, 0.1) is 5.41 Å². The average Bonchev–Trinajstić information content (AvgIpc) is 2.25. The van der Waals surface area contributed by atoms with Crippen LogP contribution in [0.5, 0.6) is 0 Å². The zero-order valence-electron chi connectivity index (χ0n) is 9.39. The summed E-state index contributed by atoms with van der Waals surface area (Å²) in [4.78, 5) is 11.2. The van der Waals surface area contributed by atoms with Crippen molar-refractivity contribution in [3.8, 4) is 0 Å². The molecular formula is C11H21NO2. The first-order valence-electron chi connectivity index (χ1n) is 5.34. The van der Waals surface area contributed by atoms with Crippen molar-refractivity contribution >= 4 is 5.97 Å². The Labute approximate surface area is 85.9 Å². The van der Waals surface area contributed by atoms with Crippen LogP contribution in [0.1, 0.15) is 46.0 Å². The van der Waals surface area contributed by atoms with Crippen LogP contribution in [-0.2, 0) is 4.79 Å². The van der Waals surface area contributed by atoms with Gasteiger partial charge in [0.2, 0.25) is 0 Å². The lowest BCUT2D eigenvalue weighted by atomic mass is 9.83. The van der Waals surface area contributed by atoms with Gasteiger partial charge in [0.15, 0.2) is 0 Å². The van der Waals surface area contributed by atoms with Gasteiger partial charge in [-0.3, -0.25) is 4.79 Å². The summed E-state index contributed by atoms with van der Waals surface area (Å²) in [5, 5.41) is 12.2. The number of aliphatic carboxylic acids is 1. The van der Waals surface area contributed by atoms with E-state index in [-0.39, 0.29) is 0 Å². The second-order valence-electron chi connectivity index (χ2n) is 5.16. The predicted molar refractivity (Wildman–Crippen MR) is 56.3 cm³/mol. The summed E-state index contributed by atoms with van der Waals surface area (Å²) >= 11 is 0. The lowest BCUT2D eigenvalue weighted by Gasteiger charge is -2.28. The van der Waals surface area contributed by atoms with Gasteiger partial charge in [-0.05, 0) is 38.1 Å². The number of carboxylic acid groups (broad SMARTS) is 1. The summed E-state index contributed by atoms with van der Waals surface area (Å²) in [6.07, 6.45) is 4.61. The van der Waals surface area contributed by atoms with E-state index in [4.69, 9.17) is 0 Å². The molecule has 0 aliphatic heterocycles. The monoisotopic (exact) mass is 199 g/mol. The molecule has 3 nitrogen and oxygen atoms in total. The molecule has 0 saturated heterocycles. The molecule has 0 amide bonds. The second-order valence-corrected chi connectivity index (χ2v) is 5.16. The molecule has 0 bridgehead atoms. The number of carboxylic acids is 1. The van der Waals surface area contributed by atoms with Crippen LogP contribution in [0.2, 0.25) is 0 Å². The van der Waals surface area contributed by atoms with Crippen LogP contribution >= 0.6 is 0 Å². The molecule has 1 saturated carbocycles. The van der Waals surface area contributed by atoms with Gasteiger partial charge >= 0.3 is 5.97 Å². The Morgan fingerprint density at radius 2 is 1.86 bits per heavy atom. The van der Waals surface area contributed by atoms with Crippen LogP contribution in [0.15, 0.2) is 0 Å². The van der Waals surface area contributed by atoms with Crippen molar-refractivity contribution in [3.05, 3.63) is 0 Å². The number of nitrogens with one attached hydrogen (secondary N) is 1. The summed E-state index contributed by atoms with van der Waals surface area (Å²) in [7, 11) is 1.76. The van der Waals surface area contributed by atoms with E-state index in [0.717, 1.165) is 32.1 Å². The van der Waals surface area contributed by atoms with E-state index in [0.29, 0.717) is 5.41 Å². The van der Waals surface area contributed by atoms with Crippen molar-refractivity contribution in [2.75, 3.05) is 7.05 Å². The molecule has 1 aliphatic carbocycles. The minimum absolute atomic E-state index is 0.300. The van der Waals surface area contributed by atoms with Crippen molar-refractivity contribution in [1.29, 1.82) is 0 Å². The van der Waals surface area contributed by atoms with Crippen LogP contribution in [-0.4, -0.2) is 23.7 Å². The number of rotatable bonds is 2. The van der Waals surface area contributed by atoms with Gasteiger partial charge in [-0.25, -0.2) is 0 Å². The maximum atomic E-state index is 11.2. The molecule has 0 aromatic rings. The molecule has 3 heteroatoms. The van der Waals surface area contributed by atoms with Crippen molar-refractivity contribution in [1.82, 2.24) is 5.32 Å². The zero-order chi connectivity index (χ0) is 10.8. The lowest BCUT2D eigenvalue weighted by molar-refractivity contribution is -0.145. The molecule has 0 radical (unpaired) electrons. The van der Waals surface area contributed by atoms with Gasteiger partial charge in [-0.2, -0.15) is 0 Å². The Bertz CT molecular complexity index is 225. The number of carbonyl (C=O) groups is 1. The first-order valence-corrected chi connectivity index (χ1v) is 5.34. The van der Waals surface area contributed by atoms with Crippen molar-refractivity contribution in [2.45, 2.75) is 51.5 Å². The molecule has 1 atom stereocenters. The van der Waals surface area contributed by atoms with Crippen LogP contribution in [0.3, 0.4) is 0 Å². The van der Waals surface area contributed by atoms with Crippen molar-refractivity contribution in [2.24, 2.45) is 5.41 Å². The fraction of sp³-hybridized carbons (Fsp3) is 0.909. The summed E-state index contributed by atoms with van der Waals surface area (Å²) in [6, 6.07) is 0. The molecule has 14 heavy (non-hydrogen) atoms. The highest BCUT2D eigenvalue weighted by Crippen LogP contribution is 2.37. The number of hydrogen-bond acceptors (Lipinski definition) is 2. The molecule has 82 valence electrons. The Hall–Kier alpha value is -0.570. The SMILES string of the molecule is CNC1(C(=O)O)CCCC(C)(C)CC1. The maximum absolute atomic E-state index is 11.2. The molecule has 0 heterocycles. The van der Waals surface area contributed by atoms with Gasteiger partial charge in [0.25, 0.3) is 0 Å². The minimum Gasteiger partial charge on any atom is -0.480 e. The first kappa shape index (κ1) is 11.5. The quantitative estimate of drug-likeness (QED) is 0.669. The number of hydrogen-bond donors (Lipinski definition) is 2. The van der Waals surface area contributed by atoms with E-state index in [9.17, 15) is 9.90 Å². The van der Waals surface area contributed by atoms with E-state index in [1.807, 2.05) is 0 Å². The smallest absolute Gasteiger partial charge is 0.323 e. The minimum atomic E-state index is -0.697. The van der Waals surface area contributed by atoms with E-state index in [1.165, 1.54) is 0 Å². The molecular weight excluding hydrogens is 178 g/mol. The Morgan fingerprint density at radius 3 is 2.36 bits per heavy atom. The van der Waals surface area contributed by atoms with Gasteiger partial charge in [0.1, 0.15) is 5.54 Å². The Morgan fingerprint density at radius 1 is 1.21 bits per heavy atom. The van der Waals surface area contributed by atoms with Crippen LogP contribution in [0.4, 0.5) is 0 Å². The summed E-state index contributed by atoms with van der Waals surface area (Å²) in [5.74, 6) is -0.697. The fourth-order valence-corrected chi connectivity index (χ4v) is 2.24. The van der Waals surface area contributed by atoms with Crippen molar-refractivity contribution < 1.29 is 9.90 Å². The zero-order valence-corrected chi connectivity index (χ0v) is 9.39. The second kappa shape index (κ2) is 3.89. The van der Waals surface area contributed by atoms with Crippen molar-refractivity contribution in [3.63, 3.8) is 0 Å². The third-order valence-corrected chi connectivity index (χ3v) is 3.57. The van der Waals surface area contributed by atoms with E-state index in [2.05, 4.69) is 19.2 Å². The predicted octanol–water partition coefficient (Wildman–Crippen LogP) is 2.02. The molecule has 0 aromatic carbocycles. The normalized spacial score (nSPS) is 32.2. The van der Waals surface area contributed by atoms with Gasteiger partial charge < -0.3 is 10.4 Å². The van der Waals surface area contributed by atoms with Gasteiger partial charge in [-0.1, -0.05) is 20.3 Å². The van der Waals surface area contributed by atoms with E-state index >= 15 is 0 Å².